The number of amides is 2. The van der Waals surface area contributed by atoms with E-state index in [4.69, 9.17) is 4.74 Å². The molecular formula is C18H26N2O3. The van der Waals surface area contributed by atoms with Crippen LogP contribution in [0.2, 0.25) is 0 Å². The van der Waals surface area contributed by atoms with Crippen molar-refractivity contribution in [3.05, 3.63) is 29.3 Å². The van der Waals surface area contributed by atoms with Gasteiger partial charge in [0.2, 0.25) is 5.91 Å². The van der Waals surface area contributed by atoms with E-state index in [2.05, 4.69) is 0 Å². The van der Waals surface area contributed by atoms with Gasteiger partial charge in [-0.2, -0.15) is 0 Å². The normalized spacial score (nSPS) is 15.0. The van der Waals surface area contributed by atoms with Gasteiger partial charge in [0.05, 0.1) is 6.10 Å². The lowest BCUT2D eigenvalue weighted by molar-refractivity contribution is -0.132. The lowest BCUT2D eigenvalue weighted by atomic mass is 10.1. The van der Waals surface area contributed by atoms with Gasteiger partial charge in [0, 0.05) is 38.2 Å². The van der Waals surface area contributed by atoms with Gasteiger partial charge in [-0.1, -0.05) is 6.92 Å². The number of carbonyl (C=O) groups is 2. The molecular weight excluding hydrogens is 292 g/mol. The van der Waals surface area contributed by atoms with E-state index in [1.54, 1.807) is 0 Å². The fourth-order valence-electron chi connectivity index (χ4n) is 2.73. The van der Waals surface area contributed by atoms with Gasteiger partial charge in [0.15, 0.2) is 0 Å². The van der Waals surface area contributed by atoms with Gasteiger partial charge >= 0.3 is 0 Å². The number of hydrogen-bond acceptors (Lipinski definition) is 3. The number of rotatable bonds is 4. The number of aryl methyl sites for hydroxylation is 1. The molecule has 0 aromatic heterocycles. The molecule has 0 saturated carbocycles. The van der Waals surface area contributed by atoms with Crippen molar-refractivity contribution in [1.29, 1.82) is 0 Å². The predicted molar refractivity (Wildman–Crippen MR) is 89.7 cm³/mol. The van der Waals surface area contributed by atoms with Crippen LogP contribution in [0.15, 0.2) is 18.2 Å². The highest BCUT2D eigenvalue weighted by Crippen LogP contribution is 2.21. The molecule has 0 unspecified atom stereocenters. The summed E-state index contributed by atoms with van der Waals surface area (Å²) >= 11 is 0. The number of benzene rings is 1. The Bertz CT molecular complexity index is 576. The topological polar surface area (TPSA) is 49.9 Å². The van der Waals surface area contributed by atoms with E-state index >= 15 is 0 Å². The van der Waals surface area contributed by atoms with Gasteiger partial charge in [-0.3, -0.25) is 9.59 Å². The van der Waals surface area contributed by atoms with E-state index in [0.717, 1.165) is 11.3 Å². The summed E-state index contributed by atoms with van der Waals surface area (Å²) in [5.74, 6) is 0.992. The van der Waals surface area contributed by atoms with Crippen LogP contribution >= 0.6 is 0 Å². The minimum absolute atomic E-state index is 0.0211. The molecule has 1 fully saturated rings. The number of ether oxygens (including phenoxy) is 1. The standard InChI is InChI=1S/C18H26N2O3/c1-5-17(21)19-8-10-20(11-9-19)18(22)15-6-7-16(14(4)12-15)23-13(2)3/h6-7,12-13H,5,8-11H2,1-4H3. The number of nitrogens with zero attached hydrogens (tertiary/aromatic N) is 2. The second kappa shape index (κ2) is 7.49. The summed E-state index contributed by atoms with van der Waals surface area (Å²) in [6.45, 7) is 10.2. The summed E-state index contributed by atoms with van der Waals surface area (Å²) in [6, 6.07) is 5.56. The maximum atomic E-state index is 12.6. The molecule has 1 aliphatic rings. The Morgan fingerprint density at radius 2 is 1.74 bits per heavy atom. The molecule has 0 bridgehead atoms. The van der Waals surface area contributed by atoms with E-state index in [1.807, 2.05) is 55.7 Å². The quantitative estimate of drug-likeness (QED) is 0.857. The summed E-state index contributed by atoms with van der Waals surface area (Å²) < 4.78 is 5.71. The summed E-state index contributed by atoms with van der Waals surface area (Å²) in [6.07, 6.45) is 0.629. The van der Waals surface area contributed by atoms with Crippen LogP contribution < -0.4 is 4.74 Å². The van der Waals surface area contributed by atoms with Crippen molar-refractivity contribution in [1.82, 2.24) is 9.80 Å². The van der Waals surface area contributed by atoms with Crippen molar-refractivity contribution in [2.45, 2.75) is 40.2 Å². The SMILES string of the molecule is CCC(=O)N1CCN(C(=O)c2ccc(OC(C)C)c(C)c2)CC1. The lowest BCUT2D eigenvalue weighted by Crippen LogP contribution is -2.50. The first-order valence-electron chi connectivity index (χ1n) is 8.26. The summed E-state index contributed by atoms with van der Waals surface area (Å²) in [5.41, 5.74) is 1.64. The van der Waals surface area contributed by atoms with Gasteiger partial charge in [-0.15, -0.1) is 0 Å². The molecule has 1 aromatic rings. The zero-order valence-corrected chi connectivity index (χ0v) is 14.5. The zero-order valence-electron chi connectivity index (χ0n) is 14.5. The summed E-state index contributed by atoms with van der Waals surface area (Å²) in [5, 5.41) is 0. The van der Waals surface area contributed by atoms with Gasteiger partial charge in [0.1, 0.15) is 5.75 Å². The van der Waals surface area contributed by atoms with Crippen LogP contribution in [0.5, 0.6) is 5.75 Å². The Balaban J connectivity index is 2.01. The zero-order chi connectivity index (χ0) is 17.0. The van der Waals surface area contributed by atoms with Crippen LogP contribution in [-0.2, 0) is 4.79 Å². The third-order valence-corrected chi connectivity index (χ3v) is 4.01. The molecule has 0 spiro atoms. The fraction of sp³-hybridized carbons (Fsp3) is 0.556. The van der Waals surface area contributed by atoms with E-state index in [1.165, 1.54) is 0 Å². The second-order valence-corrected chi connectivity index (χ2v) is 6.17. The Morgan fingerprint density at radius 1 is 1.13 bits per heavy atom. The molecule has 5 nitrogen and oxygen atoms in total. The first kappa shape index (κ1) is 17.3. The van der Waals surface area contributed by atoms with E-state index in [9.17, 15) is 9.59 Å². The largest absolute Gasteiger partial charge is 0.491 e. The molecule has 0 atom stereocenters. The van der Waals surface area contributed by atoms with E-state index in [0.29, 0.717) is 38.2 Å². The van der Waals surface area contributed by atoms with E-state index in [-0.39, 0.29) is 17.9 Å². The van der Waals surface area contributed by atoms with Crippen LogP contribution in [0.25, 0.3) is 0 Å². The van der Waals surface area contributed by atoms with Gasteiger partial charge in [-0.05, 0) is 44.5 Å². The first-order valence-corrected chi connectivity index (χ1v) is 8.26. The molecule has 0 radical (unpaired) electrons. The smallest absolute Gasteiger partial charge is 0.253 e. The van der Waals surface area contributed by atoms with Gasteiger partial charge in [-0.25, -0.2) is 0 Å². The Morgan fingerprint density at radius 3 is 2.26 bits per heavy atom. The fourth-order valence-corrected chi connectivity index (χ4v) is 2.73. The molecule has 126 valence electrons. The van der Waals surface area contributed by atoms with E-state index < -0.39 is 0 Å². The first-order chi connectivity index (χ1) is 10.9. The maximum Gasteiger partial charge on any atom is 0.253 e. The average Bonchev–Trinajstić information content (AvgIpc) is 2.55. The number of hydrogen-bond donors (Lipinski definition) is 0. The molecule has 1 aliphatic heterocycles. The maximum absolute atomic E-state index is 12.6. The predicted octanol–water partition coefficient (Wildman–Crippen LogP) is 2.48. The molecule has 1 aromatic carbocycles. The van der Waals surface area contributed by atoms with Crippen LogP contribution in [-0.4, -0.2) is 53.9 Å². The Kier molecular flexibility index (Phi) is 5.64. The van der Waals surface area contributed by atoms with Crippen molar-refractivity contribution in [3.63, 3.8) is 0 Å². The van der Waals surface area contributed by atoms with Crippen LogP contribution in [0, 0.1) is 6.92 Å². The van der Waals surface area contributed by atoms with Crippen LogP contribution in [0.4, 0.5) is 0 Å². The Hall–Kier alpha value is -2.04. The Labute approximate surface area is 138 Å². The van der Waals surface area contributed by atoms with Crippen LogP contribution in [0.3, 0.4) is 0 Å². The highest BCUT2D eigenvalue weighted by molar-refractivity contribution is 5.94. The molecule has 0 N–H and O–H groups in total. The molecule has 23 heavy (non-hydrogen) atoms. The van der Waals surface area contributed by atoms with Crippen molar-refractivity contribution in [3.8, 4) is 5.75 Å². The molecule has 1 heterocycles. The molecule has 2 rings (SSSR count). The minimum Gasteiger partial charge on any atom is -0.491 e. The summed E-state index contributed by atoms with van der Waals surface area (Å²) in [4.78, 5) is 27.9. The third kappa shape index (κ3) is 4.24. The number of carbonyl (C=O) groups excluding carboxylic acids is 2. The molecule has 2 amide bonds. The summed E-state index contributed by atoms with van der Waals surface area (Å²) in [7, 11) is 0. The monoisotopic (exact) mass is 318 g/mol. The third-order valence-electron chi connectivity index (χ3n) is 4.01. The van der Waals surface area contributed by atoms with Crippen molar-refractivity contribution in [2.24, 2.45) is 0 Å². The average molecular weight is 318 g/mol. The second-order valence-electron chi connectivity index (χ2n) is 6.17. The highest BCUT2D eigenvalue weighted by atomic mass is 16.5. The molecule has 0 aliphatic carbocycles. The van der Waals surface area contributed by atoms with Crippen LogP contribution in [0.1, 0.15) is 43.1 Å². The number of piperazine rings is 1. The van der Waals surface area contributed by atoms with Gasteiger partial charge < -0.3 is 14.5 Å². The lowest BCUT2D eigenvalue weighted by Gasteiger charge is -2.34. The highest BCUT2D eigenvalue weighted by Gasteiger charge is 2.24. The minimum atomic E-state index is 0.0211. The molecule has 1 saturated heterocycles. The van der Waals surface area contributed by atoms with Crippen molar-refractivity contribution in [2.75, 3.05) is 26.2 Å². The van der Waals surface area contributed by atoms with Crippen molar-refractivity contribution >= 4 is 11.8 Å². The van der Waals surface area contributed by atoms with Crippen molar-refractivity contribution < 1.29 is 14.3 Å². The van der Waals surface area contributed by atoms with Gasteiger partial charge in [0.25, 0.3) is 5.91 Å². The molecule has 5 heteroatoms.